The zero-order chi connectivity index (χ0) is 53.5. The van der Waals surface area contributed by atoms with Crippen molar-refractivity contribution < 1.29 is 69.0 Å². The topological polar surface area (TPSA) is 269 Å². The Balaban J connectivity index is 1.05. The van der Waals surface area contributed by atoms with Gasteiger partial charge in [-0.1, -0.05) is 68.4 Å². The monoisotopic (exact) mass is 1080 g/mol. The normalized spacial score (nSPS) is 18.0. The predicted octanol–water partition coefficient (Wildman–Crippen LogP) is 7.06. The van der Waals surface area contributed by atoms with Crippen molar-refractivity contribution in [3.8, 4) is 11.5 Å². The van der Waals surface area contributed by atoms with Crippen LogP contribution in [0.25, 0.3) is 27.2 Å². The van der Waals surface area contributed by atoms with E-state index in [1.807, 2.05) is 54.6 Å². The Bertz CT molecular complexity index is 3240. The number of carbonyl (C=O) groups excluding carboxylic acids is 1. The average Bonchev–Trinajstić information content (AvgIpc) is 4.08. The van der Waals surface area contributed by atoms with Crippen molar-refractivity contribution in [1.82, 2.24) is 39.0 Å². The number of aromatic amines is 1. The molecule has 2 unspecified atom stereocenters. The molecule has 394 valence electrons. The molecule has 75 heavy (non-hydrogen) atoms. The molecule has 28 heteroatoms. The first kappa shape index (κ1) is 54.2. The third-order valence-corrected chi connectivity index (χ3v) is 13.5. The molecule has 0 spiro atoms. The zero-order valence-corrected chi connectivity index (χ0v) is 42.1. The lowest BCUT2D eigenvalue weighted by atomic mass is 9.80. The number of imidazole rings is 2. The second-order valence-corrected chi connectivity index (χ2v) is 19.3. The van der Waals surface area contributed by atoms with E-state index in [-0.39, 0.29) is 34.1 Å². The number of hydrogen-bond acceptors (Lipinski definition) is 17. The van der Waals surface area contributed by atoms with Crippen molar-refractivity contribution >= 4 is 50.3 Å². The number of halogens is 3. The summed E-state index contributed by atoms with van der Waals surface area (Å²) in [5, 5.41) is 2.43. The van der Waals surface area contributed by atoms with E-state index in [0.29, 0.717) is 28.2 Å². The quantitative estimate of drug-likeness (QED) is 0.0236. The molecule has 1 amide bonds. The number of aromatic nitrogens is 8. The van der Waals surface area contributed by atoms with Crippen LogP contribution in [-0.4, -0.2) is 115 Å². The van der Waals surface area contributed by atoms with Crippen LogP contribution in [0, 0.1) is 12.5 Å². The summed E-state index contributed by atoms with van der Waals surface area (Å²) < 4.78 is 122. The molecule has 1 aliphatic heterocycles. The van der Waals surface area contributed by atoms with E-state index >= 15 is 13.2 Å². The first-order valence-corrected chi connectivity index (χ1v) is 25.4. The number of nitrogens with zero attached hydrogens (tertiary/aromatic N) is 8. The van der Waals surface area contributed by atoms with Crippen LogP contribution in [0.5, 0.6) is 11.5 Å². The van der Waals surface area contributed by atoms with Gasteiger partial charge in [-0.2, -0.15) is 4.98 Å². The van der Waals surface area contributed by atoms with Crippen LogP contribution in [0.1, 0.15) is 42.6 Å². The summed E-state index contributed by atoms with van der Waals surface area (Å²) in [5.74, 6) is -4.15. The highest BCUT2D eigenvalue weighted by Crippen LogP contribution is 2.52. The van der Waals surface area contributed by atoms with Crippen LogP contribution in [0.2, 0.25) is 0 Å². The number of carbonyl (C=O) groups is 1. The first-order valence-electron chi connectivity index (χ1n) is 22.8. The van der Waals surface area contributed by atoms with Crippen LogP contribution in [-0.2, 0) is 60.2 Å². The SMILES string of the molecule is [C-]#[N+]CCOP(=O)(OC[C@H]1O[C@@H](n2cnc3c(=O)[nH]c(NC(=O)C(C)C)nc32)[C@H](O[P+](=O)O)[C@@H]1F)OCC(F)(F)Cn1c(COC(c2ccccc2)(c2ccc(OC)cc2)c2ccc(OC)cc2)nc2cncnc21. The number of H-pyrrole nitrogens is 1. The molecule has 6 atom stereocenters. The lowest BCUT2D eigenvalue weighted by molar-refractivity contribution is -0.118. The molecule has 7 aromatic rings. The van der Waals surface area contributed by atoms with Crippen molar-refractivity contribution in [2.24, 2.45) is 5.92 Å². The standard InChI is InChI=1S/C47H47F3N10O13P2/c1-28(2)42(61)57-45-56-41-38(43(62)58-45)54-27-60(41)44-39(73-74(63)64)37(48)35(72-44)22-70-75(65,69-20-19-51-3)71-25-46(49,50)24-59-36(55-34-21-52-26-53-40(34)59)23-68-47(29-9-7-6-8-10-29,30-11-15-32(66-4)16-12-30)31-13-17-33(67-5)18-14-31/h6-18,21,26-28,35,37,39,44H,19-20,22-25H2,1-2,4-5H3,(H2-,56,57,58,61,62,63,64)/p+1/t35-,37-,39-,44-,75?/m1/s1. The number of amides is 1. The average molecular weight is 1080 g/mol. The molecule has 1 saturated heterocycles. The second kappa shape index (κ2) is 23.2. The summed E-state index contributed by atoms with van der Waals surface area (Å²) >= 11 is 0. The minimum atomic E-state index is -5.15. The van der Waals surface area contributed by atoms with Gasteiger partial charge in [-0.3, -0.25) is 38.0 Å². The fourth-order valence-electron chi connectivity index (χ4n) is 8.08. The van der Waals surface area contributed by atoms with Crippen LogP contribution in [0.15, 0.2) is 103 Å². The van der Waals surface area contributed by atoms with E-state index in [9.17, 15) is 23.6 Å². The van der Waals surface area contributed by atoms with Gasteiger partial charge >= 0.3 is 16.1 Å². The first-order chi connectivity index (χ1) is 36.0. The minimum Gasteiger partial charge on any atom is -0.497 e. The lowest BCUT2D eigenvalue weighted by Gasteiger charge is -2.36. The molecule has 0 bridgehead atoms. The molecule has 1 aliphatic rings. The Labute approximate surface area is 425 Å². The molecule has 5 heterocycles. The summed E-state index contributed by atoms with van der Waals surface area (Å²) in [6.07, 6.45) is -4.38. The van der Waals surface area contributed by atoms with E-state index in [0.717, 1.165) is 21.8 Å². The fourth-order valence-corrected chi connectivity index (χ4v) is 9.71. The molecule has 8 rings (SSSR count). The van der Waals surface area contributed by atoms with Gasteiger partial charge in [0.2, 0.25) is 18.4 Å². The maximum absolute atomic E-state index is 16.5. The number of methoxy groups -OCH3 is 2. The van der Waals surface area contributed by atoms with Gasteiger partial charge < -0.3 is 28.4 Å². The number of rotatable bonds is 24. The van der Waals surface area contributed by atoms with E-state index < -0.39 is 109 Å². The van der Waals surface area contributed by atoms with Crippen LogP contribution in [0.3, 0.4) is 0 Å². The zero-order valence-electron chi connectivity index (χ0n) is 40.3. The lowest BCUT2D eigenvalue weighted by Crippen LogP contribution is -2.34. The van der Waals surface area contributed by atoms with E-state index in [1.165, 1.54) is 20.4 Å². The summed E-state index contributed by atoms with van der Waals surface area (Å²) in [4.78, 5) is 61.5. The Hall–Kier alpha value is -7.04. The van der Waals surface area contributed by atoms with E-state index in [4.69, 9.17) is 43.6 Å². The van der Waals surface area contributed by atoms with E-state index in [1.54, 1.807) is 38.1 Å². The van der Waals surface area contributed by atoms with Gasteiger partial charge in [0.05, 0.1) is 39.9 Å². The van der Waals surface area contributed by atoms with Gasteiger partial charge in [0.1, 0.15) is 60.7 Å². The number of benzene rings is 3. The highest BCUT2D eigenvalue weighted by atomic mass is 31.2. The van der Waals surface area contributed by atoms with Gasteiger partial charge in [-0.15, -0.1) is 9.42 Å². The third kappa shape index (κ3) is 12.1. The molecule has 0 aliphatic carbocycles. The second-order valence-electron chi connectivity index (χ2n) is 16.9. The van der Waals surface area contributed by atoms with Crippen molar-refractivity contribution in [2.75, 3.05) is 45.9 Å². The van der Waals surface area contributed by atoms with Gasteiger partial charge in [0, 0.05) is 10.5 Å². The smallest absolute Gasteiger partial charge is 0.497 e. The fraction of sp³-hybridized carbons (Fsp3) is 0.362. The Morgan fingerprint density at radius 1 is 0.973 bits per heavy atom. The molecule has 1 fully saturated rings. The number of alkyl halides is 3. The van der Waals surface area contributed by atoms with Crippen molar-refractivity contribution in [3.63, 3.8) is 0 Å². The highest BCUT2D eigenvalue weighted by Gasteiger charge is 2.53. The molecule has 3 N–H and O–H groups in total. The van der Waals surface area contributed by atoms with Crippen molar-refractivity contribution in [3.05, 3.63) is 142 Å². The number of fused-ring (bicyclic) bond motifs is 2. The van der Waals surface area contributed by atoms with Crippen molar-refractivity contribution in [2.45, 2.75) is 63.1 Å². The maximum Gasteiger partial charge on any atom is 0.695 e. The van der Waals surface area contributed by atoms with Gasteiger partial charge in [-0.05, 0) is 41.0 Å². The number of phosphoric ester groups is 1. The van der Waals surface area contributed by atoms with Crippen molar-refractivity contribution in [1.29, 1.82) is 0 Å². The summed E-state index contributed by atoms with van der Waals surface area (Å²) in [6.45, 7) is 4.99. The van der Waals surface area contributed by atoms with Gasteiger partial charge in [0.15, 0.2) is 35.3 Å². The largest absolute Gasteiger partial charge is 0.695 e. The van der Waals surface area contributed by atoms with Crippen LogP contribution >= 0.6 is 16.1 Å². The Kier molecular flexibility index (Phi) is 16.8. The highest BCUT2D eigenvalue weighted by molar-refractivity contribution is 7.48. The summed E-state index contributed by atoms with van der Waals surface area (Å²) in [6, 6.07) is 23.5. The molecule has 0 saturated carbocycles. The molecular weight excluding hydrogens is 1030 g/mol. The molecule has 4 aromatic heterocycles. The summed E-state index contributed by atoms with van der Waals surface area (Å²) in [7, 11) is -5.60. The molecule has 3 aromatic carbocycles. The third-order valence-electron chi connectivity index (χ3n) is 11.7. The molecule has 0 radical (unpaired) electrons. The molecule has 23 nitrogen and oxygen atoms in total. The van der Waals surface area contributed by atoms with Crippen LogP contribution < -0.4 is 20.3 Å². The predicted molar refractivity (Wildman–Crippen MR) is 259 cm³/mol. The van der Waals surface area contributed by atoms with Gasteiger partial charge in [0.25, 0.3) is 11.5 Å². The maximum atomic E-state index is 16.5. The van der Waals surface area contributed by atoms with Gasteiger partial charge in [-0.25, -0.2) is 44.2 Å². The van der Waals surface area contributed by atoms with Crippen LogP contribution in [0.4, 0.5) is 19.1 Å². The molecular formula is C47H48F3N10O13P2+. The summed E-state index contributed by atoms with van der Waals surface area (Å²) in [5.41, 5.74) is -0.695. The minimum absolute atomic E-state index is 0.0134. The number of nitrogens with one attached hydrogen (secondary N) is 2. The Morgan fingerprint density at radius 2 is 1.64 bits per heavy atom. The Morgan fingerprint density at radius 3 is 2.27 bits per heavy atom. The number of ether oxygens (including phenoxy) is 4. The number of hydrogen-bond donors (Lipinski definition) is 3. The van der Waals surface area contributed by atoms with E-state index in [2.05, 4.69) is 40.1 Å². The number of anilines is 1. The number of phosphoric acid groups is 1.